The van der Waals surface area contributed by atoms with E-state index in [2.05, 4.69) is 40.4 Å². The number of hydrogen-bond donors (Lipinski definition) is 0. The van der Waals surface area contributed by atoms with Gasteiger partial charge in [0.05, 0.1) is 6.54 Å². The first kappa shape index (κ1) is 19.6. The Morgan fingerprint density at radius 1 is 0.939 bits per heavy atom. The monoisotopic (exact) mass is 443 g/mol. The van der Waals surface area contributed by atoms with Gasteiger partial charge in [0, 0.05) is 31.7 Å². The summed E-state index contributed by atoms with van der Waals surface area (Å²) in [5.74, 6) is 2.56. The van der Waals surface area contributed by atoms with E-state index in [1.807, 2.05) is 49.4 Å². The molecule has 0 atom stereocenters. The van der Waals surface area contributed by atoms with Crippen LogP contribution in [0.5, 0.6) is 0 Å². The first-order chi connectivity index (χ1) is 16.2. The molecule has 6 rings (SSSR count). The molecule has 0 spiro atoms. The number of fused-ring (bicyclic) bond motifs is 1. The maximum absolute atomic E-state index is 6.02. The average molecular weight is 443 g/mol. The summed E-state index contributed by atoms with van der Waals surface area (Å²) in [7, 11) is 0. The smallest absolute Gasteiger partial charge is 0.253 e. The maximum Gasteiger partial charge on any atom is 0.253 e. The summed E-state index contributed by atoms with van der Waals surface area (Å²) >= 11 is 0. The lowest BCUT2D eigenvalue weighted by Crippen LogP contribution is -2.46. The van der Waals surface area contributed by atoms with Gasteiger partial charge in [0.25, 0.3) is 5.89 Å². The van der Waals surface area contributed by atoms with Crippen molar-refractivity contribution < 1.29 is 8.94 Å². The lowest BCUT2D eigenvalue weighted by atomic mass is 10.1. The summed E-state index contributed by atoms with van der Waals surface area (Å²) in [6.07, 6.45) is 1.61. The highest BCUT2D eigenvalue weighted by Crippen LogP contribution is 2.33. The van der Waals surface area contributed by atoms with Gasteiger partial charge < -0.3 is 13.8 Å². The largest absolute Gasteiger partial charge is 0.419 e. The van der Waals surface area contributed by atoms with Crippen molar-refractivity contribution in [1.29, 1.82) is 0 Å². The fourth-order valence-corrected chi connectivity index (χ4v) is 4.05. The van der Waals surface area contributed by atoms with Crippen LogP contribution >= 0.6 is 0 Å². The van der Waals surface area contributed by atoms with Crippen LogP contribution in [-0.2, 0) is 6.54 Å². The molecule has 11 heteroatoms. The van der Waals surface area contributed by atoms with Gasteiger partial charge in [0.2, 0.25) is 5.89 Å². The van der Waals surface area contributed by atoms with E-state index in [1.165, 1.54) is 0 Å². The number of benzene rings is 1. The van der Waals surface area contributed by atoms with E-state index in [0.29, 0.717) is 29.8 Å². The molecule has 33 heavy (non-hydrogen) atoms. The first-order valence-corrected chi connectivity index (χ1v) is 10.7. The number of aryl methyl sites for hydroxylation is 1. The van der Waals surface area contributed by atoms with Crippen LogP contribution in [0.3, 0.4) is 0 Å². The molecule has 1 aliphatic heterocycles. The van der Waals surface area contributed by atoms with Gasteiger partial charge in [-0.2, -0.15) is 4.52 Å². The average Bonchev–Trinajstić information content (AvgIpc) is 3.59. The van der Waals surface area contributed by atoms with Crippen LogP contribution in [0.4, 0.5) is 5.82 Å². The highest BCUT2D eigenvalue weighted by Gasteiger charge is 2.24. The Morgan fingerprint density at radius 3 is 2.64 bits per heavy atom. The lowest BCUT2D eigenvalue weighted by molar-refractivity contribution is 0.226. The maximum atomic E-state index is 6.02. The summed E-state index contributed by atoms with van der Waals surface area (Å²) in [5, 5.41) is 25.2. The highest BCUT2D eigenvalue weighted by atomic mass is 16.5. The molecule has 5 aromatic rings. The molecular formula is C22H21N9O2. The molecule has 5 heterocycles. The number of rotatable bonds is 5. The van der Waals surface area contributed by atoms with Crippen molar-refractivity contribution in [3.05, 3.63) is 60.4 Å². The molecule has 0 radical (unpaired) electrons. The second-order valence-electron chi connectivity index (χ2n) is 7.92. The predicted molar refractivity (Wildman–Crippen MR) is 118 cm³/mol. The zero-order valence-electron chi connectivity index (χ0n) is 18.0. The Morgan fingerprint density at radius 2 is 1.79 bits per heavy atom. The molecule has 1 aromatic carbocycles. The van der Waals surface area contributed by atoms with Crippen LogP contribution in [0.25, 0.3) is 28.4 Å². The Kier molecular flexibility index (Phi) is 4.80. The van der Waals surface area contributed by atoms with E-state index >= 15 is 0 Å². The summed E-state index contributed by atoms with van der Waals surface area (Å²) in [5.41, 5.74) is 3.12. The Hall–Kier alpha value is -4.12. The molecule has 0 aliphatic carbocycles. The zero-order valence-corrected chi connectivity index (χ0v) is 18.0. The summed E-state index contributed by atoms with van der Waals surface area (Å²) in [6, 6.07) is 13.8. The van der Waals surface area contributed by atoms with E-state index in [-0.39, 0.29) is 0 Å². The van der Waals surface area contributed by atoms with E-state index in [4.69, 9.17) is 8.94 Å². The van der Waals surface area contributed by atoms with Gasteiger partial charge in [0.15, 0.2) is 5.65 Å². The molecule has 4 aromatic heterocycles. The molecular weight excluding hydrogens is 422 g/mol. The van der Waals surface area contributed by atoms with Crippen LogP contribution in [-0.4, -0.2) is 66.2 Å². The van der Waals surface area contributed by atoms with Crippen molar-refractivity contribution in [3.63, 3.8) is 0 Å². The summed E-state index contributed by atoms with van der Waals surface area (Å²) in [4.78, 5) is 4.55. The number of nitrogens with zero attached hydrogens (tertiary/aromatic N) is 9. The number of aromatic nitrogens is 7. The van der Waals surface area contributed by atoms with Gasteiger partial charge in [-0.1, -0.05) is 35.5 Å². The number of piperazine rings is 1. The minimum atomic E-state index is 0.424. The Labute approximate surface area is 188 Å². The molecule has 0 unspecified atom stereocenters. The fraction of sp³-hybridized carbons (Fsp3) is 0.273. The van der Waals surface area contributed by atoms with Crippen molar-refractivity contribution in [3.8, 4) is 22.7 Å². The van der Waals surface area contributed by atoms with E-state index in [0.717, 1.165) is 48.8 Å². The van der Waals surface area contributed by atoms with Gasteiger partial charge >= 0.3 is 0 Å². The van der Waals surface area contributed by atoms with Crippen LogP contribution in [0, 0.1) is 6.92 Å². The molecule has 11 nitrogen and oxygen atoms in total. The van der Waals surface area contributed by atoms with Crippen LogP contribution in [0.15, 0.2) is 57.7 Å². The Bertz CT molecular complexity index is 1380. The predicted octanol–water partition coefficient (Wildman–Crippen LogP) is 2.46. The molecule has 1 saturated heterocycles. The molecule has 0 bridgehead atoms. The van der Waals surface area contributed by atoms with Crippen LogP contribution in [0.1, 0.15) is 11.7 Å². The van der Waals surface area contributed by atoms with Crippen LogP contribution < -0.4 is 4.90 Å². The van der Waals surface area contributed by atoms with E-state index in [9.17, 15) is 0 Å². The fourth-order valence-electron chi connectivity index (χ4n) is 4.05. The van der Waals surface area contributed by atoms with Gasteiger partial charge in [-0.15, -0.1) is 25.5 Å². The van der Waals surface area contributed by atoms with Crippen LogP contribution in [0.2, 0.25) is 0 Å². The third-order valence-corrected chi connectivity index (χ3v) is 5.79. The molecule has 1 fully saturated rings. The topological polar surface area (TPSA) is 115 Å². The SMILES string of the molecule is Cc1onc(-c2ccccc2)c1-c1nnc(CN2CCN(c3ccc4nncn4n3)CC2)o1. The van der Waals surface area contributed by atoms with Crippen molar-refractivity contribution in [2.75, 3.05) is 31.1 Å². The van der Waals surface area contributed by atoms with Crippen molar-refractivity contribution in [2.24, 2.45) is 0 Å². The third kappa shape index (κ3) is 3.72. The quantitative estimate of drug-likeness (QED) is 0.401. The minimum Gasteiger partial charge on any atom is -0.419 e. The minimum absolute atomic E-state index is 0.424. The van der Waals surface area contributed by atoms with Gasteiger partial charge in [-0.05, 0) is 19.1 Å². The highest BCUT2D eigenvalue weighted by molar-refractivity contribution is 5.77. The van der Waals surface area contributed by atoms with Gasteiger partial charge in [-0.3, -0.25) is 4.90 Å². The van der Waals surface area contributed by atoms with Crippen molar-refractivity contribution >= 4 is 11.5 Å². The number of hydrogen-bond acceptors (Lipinski definition) is 10. The molecule has 0 N–H and O–H groups in total. The van der Waals surface area contributed by atoms with Gasteiger partial charge in [0.1, 0.15) is 29.2 Å². The standard InChI is InChI=1S/C22H21N9O2/c1-15-20(21(28-33-15)16-5-3-2-4-6-16)22-26-25-19(32-22)13-29-9-11-30(12-10-29)18-8-7-17-24-23-14-31(17)27-18/h2-8,14H,9-13H2,1H3. The van der Waals surface area contributed by atoms with Gasteiger partial charge in [-0.25, -0.2) is 0 Å². The Balaban J connectivity index is 1.14. The normalized spacial score (nSPS) is 14.9. The number of anilines is 1. The second-order valence-corrected chi connectivity index (χ2v) is 7.92. The molecule has 1 aliphatic rings. The zero-order chi connectivity index (χ0) is 22.2. The van der Waals surface area contributed by atoms with E-state index in [1.54, 1.807) is 10.8 Å². The summed E-state index contributed by atoms with van der Waals surface area (Å²) in [6.45, 7) is 5.87. The second kappa shape index (κ2) is 8.10. The molecule has 0 saturated carbocycles. The van der Waals surface area contributed by atoms with E-state index < -0.39 is 0 Å². The summed E-state index contributed by atoms with van der Waals surface area (Å²) < 4.78 is 13.1. The van der Waals surface area contributed by atoms with Crippen molar-refractivity contribution in [1.82, 2.24) is 40.1 Å². The molecule has 166 valence electrons. The third-order valence-electron chi connectivity index (χ3n) is 5.79. The van der Waals surface area contributed by atoms with Crippen molar-refractivity contribution in [2.45, 2.75) is 13.5 Å². The lowest BCUT2D eigenvalue weighted by Gasteiger charge is -2.34. The first-order valence-electron chi connectivity index (χ1n) is 10.7. The molecule has 0 amide bonds.